The van der Waals surface area contributed by atoms with Crippen LogP contribution in [0.15, 0.2) is 24.3 Å². The first-order valence-electron chi connectivity index (χ1n) is 4.72. The second-order valence-electron chi connectivity index (χ2n) is 3.79. The standard InChI is InChI=1S/C12H11N/c1-8-2-4-12-10(6-8)7-9-3-5-11(9)13-12/h2,4,6-7H,3,5H2,1H3. The number of fused-ring (bicyclic) bond motifs is 2. The molecule has 1 aliphatic rings. The summed E-state index contributed by atoms with van der Waals surface area (Å²) in [6.07, 6.45) is 2.38. The molecule has 1 heterocycles. The molecule has 1 aliphatic carbocycles. The highest BCUT2D eigenvalue weighted by Gasteiger charge is 2.14. The molecule has 0 fully saturated rings. The van der Waals surface area contributed by atoms with E-state index in [-0.39, 0.29) is 0 Å². The topological polar surface area (TPSA) is 12.9 Å². The molecule has 0 radical (unpaired) electrons. The van der Waals surface area contributed by atoms with E-state index in [0.717, 1.165) is 5.52 Å². The summed E-state index contributed by atoms with van der Waals surface area (Å²) >= 11 is 0. The van der Waals surface area contributed by atoms with E-state index in [1.54, 1.807) is 0 Å². The van der Waals surface area contributed by atoms with Crippen LogP contribution in [-0.4, -0.2) is 4.98 Å². The van der Waals surface area contributed by atoms with E-state index in [0.29, 0.717) is 0 Å². The Morgan fingerprint density at radius 3 is 2.85 bits per heavy atom. The van der Waals surface area contributed by atoms with Gasteiger partial charge in [0.2, 0.25) is 0 Å². The molecule has 1 aromatic carbocycles. The summed E-state index contributed by atoms with van der Waals surface area (Å²) in [6, 6.07) is 8.73. The Balaban J connectivity index is 2.38. The van der Waals surface area contributed by atoms with E-state index in [9.17, 15) is 0 Å². The summed E-state index contributed by atoms with van der Waals surface area (Å²) in [5, 5.41) is 1.29. The molecule has 1 heteroatoms. The van der Waals surface area contributed by atoms with E-state index in [1.807, 2.05) is 0 Å². The molecular formula is C12H11N. The second kappa shape index (κ2) is 2.32. The van der Waals surface area contributed by atoms with Crippen molar-refractivity contribution in [2.24, 2.45) is 0 Å². The van der Waals surface area contributed by atoms with Gasteiger partial charge in [0.05, 0.1) is 5.52 Å². The third-order valence-corrected chi connectivity index (χ3v) is 2.77. The Kier molecular flexibility index (Phi) is 1.26. The van der Waals surface area contributed by atoms with Crippen molar-refractivity contribution < 1.29 is 0 Å². The van der Waals surface area contributed by atoms with Gasteiger partial charge in [-0.05, 0) is 43.5 Å². The molecule has 0 bridgehead atoms. The van der Waals surface area contributed by atoms with Crippen molar-refractivity contribution in [3.8, 4) is 0 Å². The number of nitrogens with zero attached hydrogens (tertiary/aromatic N) is 1. The van der Waals surface area contributed by atoms with Crippen LogP contribution in [0.1, 0.15) is 16.8 Å². The van der Waals surface area contributed by atoms with Gasteiger partial charge < -0.3 is 0 Å². The van der Waals surface area contributed by atoms with Crippen LogP contribution in [-0.2, 0) is 12.8 Å². The summed E-state index contributed by atoms with van der Waals surface area (Å²) in [4.78, 5) is 4.60. The lowest BCUT2D eigenvalue weighted by Crippen LogP contribution is -2.10. The molecule has 1 aromatic heterocycles. The molecule has 1 nitrogen and oxygen atoms in total. The molecule has 0 spiro atoms. The highest BCUT2D eigenvalue weighted by Crippen LogP contribution is 2.25. The van der Waals surface area contributed by atoms with Gasteiger partial charge in [-0.15, -0.1) is 0 Å². The van der Waals surface area contributed by atoms with Crippen molar-refractivity contribution in [3.63, 3.8) is 0 Å². The number of hydrogen-bond acceptors (Lipinski definition) is 1. The van der Waals surface area contributed by atoms with Gasteiger partial charge in [-0.25, -0.2) is 0 Å². The highest BCUT2D eigenvalue weighted by atomic mass is 14.7. The highest BCUT2D eigenvalue weighted by molar-refractivity contribution is 5.80. The van der Waals surface area contributed by atoms with Gasteiger partial charge in [-0.1, -0.05) is 11.6 Å². The Morgan fingerprint density at radius 1 is 1.15 bits per heavy atom. The van der Waals surface area contributed by atoms with Gasteiger partial charge >= 0.3 is 0 Å². The molecule has 0 atom stereocenters. The van der Waals surface area contributed by atoms with Gasteiger partial charge in [0.15, 0.2) is 0 Å². The number of aryl methyl sites for hydroxylation is 3. The molecule has 0 amide bonds. The van der Waals surface area contributed by atoms with Crippen LogP contribution in [0.25, 0.3) is 10.9 Å². The van der Waals surface area contributed by atoms with Gasteiger partial charge in [0.1, 0.15) is 0 Å². The third-order valence-electron chi connectivity index (χ3n) is 2.77. The van der Waals surface area contributed by atoms with Crippen LogP contribution < -0.4 is 0 Å². The number of pyridine rings is 1. The van der Waals surface area contributed by atoms with E-state index in [1.165, 1.54) is 35.0 Å². The molecule has 0 saturated heterocycles. The average molecular weight is 169 g/mol. The Labute approximate surface area is 77.4 Å². The third kappa shape index (κ3) is 0.966. The lowest BCUT2D eigenvalue weighted by atomic mass is 9.92. The minimum absolute atomic E-state index is 1.14. The zero-order valence-corrected chi connectivity index (χ0v) is 7.67. The maximum atomic E-state index is 4.60. The fraction of sp³-hybridized carbons (Fsp3) is 0.250. The van der Waals surface area contributed by atoms with Gasteiger partial charge in [0, 0.05) is 11.1 Å². The first kappa shape index (κ1) is 7.07. The average Bonchev–Trinajstić information content (AvgIpc) is 2.09. The van der Waals surface area contributed by atoms with Crippen LogP contribution in [0.3, 0.4) is 0 Å². The SMILES string of the molecule is Cc1ccc2nc3c(cc2c1)CC3. The van der Waals surface area contributed by atoms with Gasteiger partial charge in [-0.2, -0.15) is 0 Å². The lowest BCUT2D eigenvalue weighted by molar-refractivity contribution is 0.799. The summed E-state index contributed by atoms with van der Waals surface area (Å²) in [5.41, 5.74) is 5.20. The van der Waals surface area contributed by atoms with Crippen molar-refractivity contribution in [2.45, 2.75) is 19.8 Å². The number of rotatable bonds is 0. The predicted molar refractivity (Wildman–Crippen MR) is 53.9 cm³/mol. The maximum Gasteiger partial charge on any atom is 0.0705 e. The zero-order valence-electron chi connectivity index (χ0n) is 7.67. The minimum atomic E-state index is 1.14. The van der Waals surface area contributed by atoms with Gasteiger partial charge in [0.25, 0.3) is 0 Å². The molecular weight excluding hydrogens is 158 g/mol. The molecule has 64 valence electrons. The fourth-order valence-electron chi connectivity index (χ4n) is 1.89. The molecule has 13 heavy (non-hydrogen) atoms. The predicted octanol–water partition coefficient (Wildman–Crippen LogP) is 2.64. The molecule has 0 unspecified atom stereocenters. The molecule has 2 aromatic rings. The van der Waals surface area contributed by atoms with Crippen LogP contribution in [0.5, 0.6) is 0 Å². The molecule has 3 rings (SSSR count). The van der Waals surface area contributed by atoms with Crippen LogP contribution in [0.2, 0.25) is 0 Å². The summed E-state index contributed by atoms with van der Waals surface area (Å²) in [7, 11) is 0. The summed E-state index contributed by atoms with van der Waals surface area (Å²) in [6.45, 7) is 2.12. The maximum absolute atomic E-state index is 4.60. The van der Waals surface area contributed by atoms with Crippen molar-refractivity contribution in [1.29, 1.82) is 0 Å². The second-order valence-corrected chi connectivity index (χ2v) is 3.79. The lowest BCUT2D eigenvalue weighted by Gasteiger charge is -2.17. The zero-order chi connectivity index (χ0) is 8.84. The van der Waals surface area contributed by atoms with Crippen LogP contribution in [0, 0.1) is 6.92 Å². The van der Waals surface area contributed by atoms with E-state index in [4.69, 9.17) is 0 Å². The normalized spacial score (nSPS) is 13.9. The first-order chi connectivity index (χ1) is 6.33. The Hall–Kier alpha value is -1.37. The van der Waals surface area contributed by atoms with Crippen molar-refractivity contribution in [2.75, 3.05) is 0 Å². The first-order valence-corrected chi connectivity index (χ1v) is 4.72. The molecule has 0 saturated carbocycles. The quantitative estimate of drug-likeness (QED) is 0.590. The van der Waals surface area contributed by atoms with Gasteiger partial charge in [-0.3, -0.25) is 4.98 Å². The number of aromatic nitrogens is 1. The number of benzene rings is 1. The Bertz CT molecular complexity index is 486. The van der Waals surface area contributed by atoms with E-state index < -0.39 is 0 Å². The van der Waals surface area contributed by atoms with Crippen molar-refractivity contribution >= 4 is 10.9 Å². The summed E-state index contributed by atoms with van der Waals surface area (Å²) in [5.74, 6) is 0. The van der Waals surface area contributed by atoms with Crippen LogP contribution in [0.4, 0.5) is 0 Å². The van der Waals surface area contributed by atoms with Crippen molar-refractivity contribution in [1.82, 2.24) is 4.98 Å². The fourth-order valence-corrected chi connectivity index (χ4v) is 1.89. The van der Waals surface area contributed by atoms with E-state index in [2.05, 4.69) is 36.2 Å². The van der Waals surface area contributed by atoms with E-state index >= 15 is 0 Å². The van der Waals surface area contributed by atoms with Crippen LogP contribution >= 0.6 is 0 Å². The summed E-state index contributed by atoms with van der Waals surface area (Å²) < 4.78 is 0. The van der Waals surface area contributed by atoms with Crippen molar-refractivity contribution in [3.05, 3.63) is 41.1 Å². The monoisotopic (exact) mass is 169 g/mol. The molecule has 0 N–H and O–H groups in total. The smallest absolute Gasteiger partial charge is 0.0705 e. The minimum Gasteiger partial charge on any atom is -0.253 e. The molecule has 0 aliphatic heterocycles. The Morgan fingerprint density at radius 2 is 2.08 bits per heavy atom. The number of hydrogen-bond donors (Lipinski definition) is 0. The largest absolute Gasteiger partial charge is 0.253 e.